The van der Waals surface area contributed by atoms with E-state index in [4.69, 9.17) is 11.6 Å². The van der Waals surface area contributed by atoms with Gasteiger partial charge in [-0.1, -0.05) is 11.6 Å². The Morgan fingerprint density at radius 2 is 2.12 bits per heavy atom. The first-order valence-corrected chi connectivity index (χ1v) is 5.95. The number of hydrogen-bond acceptors (Lipinski definition) is 3. The van der Waals surface area contributed by atoms with E-state index in [0.717, 1.165) is 13.3 Å². The molecule has 1 saturated heterocycles. The molecular weight excluding hydrogens is 248 g/mol. The lowest BCUT2D eigenvalue weighted by Gasteiger charge is -2.36. The summed E-state index contributed by atoms with van der Waals surface area (Å²) >= 11 is 5.92. The normalized spacial score (nSPS) is 21.6. The van der Waals surface area contributed by atoms with Gasteiger partial charge in [-0.05, 0) is 19.8 Å². The second-order valence-electron chi connectivity index (χ2n) is 4.41. The van der Waals surface area contributed by atoms with Crippen molar-refractivity contribution >= 4 is 17.4 Å². The van der Waals surface area contributed by atoms with Crippen molar-refractivity contribution < 1.29 is 8.78 Å². The second-order valence-corrected chi connectivity index (χ2v) is 4.77. The highest BCUT2D eigenvalue weighted by Gasteiger charge is 2.37. The fourth-order valence-electron chi connectivity index (χ4n) is 2.11. The molecule has 1 fully saturated rings. The third kappa shape index (κ3) is 2.83. The standard InChI is InChI=1S/C11H14ClF2N3/c1-11(13,14)8-3-2-6-17(7-8)10-9(12)15-4-5-16-10/h4-5,8H,2-3,6-7H2,1H3/t8-/m0/s1. The average molecular weight is 262 g/mol. The van der Waals surface area contributed by atoms with Crippen LogP contribution < -0.4 is 4.90 Å². The highest BCUT2D eigenvalue weighted by Crippen LogP contribution is 2.34. The van der Waals surface area contributed by atoms with Gasteiger partial charge in [-0.2, -0.15) is 0 Å². The number of alkyl halides is 2. The lowest BCUT2D eigenvalue weighted by Crippen LogP contribution is -2.42. The molecular formula is C11H14ClF2N3. The molecule has 0 saturated carbocycles. The molecule has 1 aromatic rings. The fourth-order valence-corrected chi connectivity index (χ4v) is 2.33. The largest absolute Gasteiger partial charge is 0.354 e. The lowest BCUT2D eigenvalue weighted by atomic mass is 9.93. The van der Waals surface area contributed by atoms with Gasteiger partial charge in [0.15, 0.2) is 11.0 Å². The first kappa shape index (κ1) is 12.5. The summed E-state index contributed by atoms with van der Waals surface area (Å²) < 4.78 is 26.6. The molecule has 2 rings (SSSR count). The van der Waals surface area contributed by atoms with Crippen LogP contribution in [0.15, 0.2) is 12.4 Å². The van der Waals surface area contributed by atoms with Crippen LogP contribution in [0.25, 0.3) is 0 Å². The third-order valence-electron chi connectivity index (χ3n) is 3.07. The maximum absolute atomic E-state index is 13.3. The molecule has 0 N–H and O–H groups in total. The first-order chi connectivity index (χ1) is 7.98. The zero-order chi connectivity index (χ0) is 12.5. The highest BCUT2D eigenvalue weighted by atomic mass is 35.5. The van der Waals surface area contributed by atoms with Crippen LogP contribution in [0, 0.1) is 5.92 Å². The molecule has 0 aliphatic carbocycles. The van der Waals surface area contributed by atoms with Crippen molar-refractivity contribution in [1.82, 2.24) is 9.97 Å². The van der Waals surface area contributed by atoms with E-state index < -0.39 is 11.8 Å². The molecule has 0 amide bonds. The Labute approximate surface area is 104 Å². The maximum Gasteiger partial charge on any atom is 0.249 e. The predicted molar refractivity (Wildman–Crippen MR) is 62.6 cm³/mol. The molecule has 1 atom stereocenters. The topological polar surface area (TPSA) is 29.0 Å². The smallest absolute Gasteiger partial charge is 0.249 e. The number of nitrogens with zero attached hydrogens (tertiary/aromatic N) is 3. The summed E-state index contributed by atoms with van der Waals surface area (Å²) in [5.41, 5.74) is 0. The summed E-state index contributed by atoms with van der Waals surface area (Å²) in [6.07, 6.45) is 4.27. The monoisotopic (exact) mass is 261 g/mol. The van der Waals surface area contributed by atoms with Crippen molar-refractivity contribution in [2.24, 2.45) is 5.92 Å². The Balaban J connectivity index is 2.15. The van der Waals surface area contributed by atoms with E-state index in [-0.39, 0.29) is 11.7 Å². The van der Waals surface area contributed by atoms with Crippen LogP contribution >= 0.6 is 11.6 Å². The van der Waals surface area contributed by atoms with Crippen molar-refractivity contribution in [3.63, 3.8) is 0 Å². The lowest BCUT2D eigenvalue weighted by molar-refractivity contribution is -0.0440. The van der Waals surface area contributed by atoms with Crippen molar-refractivity contribution in [3.8, 4) is 0 Å². The molecule has 2 heterocycles. The first-order valence-electron chi connectivity index (χ1n) is 5.58. The predicted octanol–water partition coefficient (Wildman–Crippen LogP) is 3.00. The van der Waals surface area contributed by atoms with E-state index in [1.807, 2.05) is 0 Å². The fraction of sp³-hybridized carbons (Fsp3) is 0.636. The van der Waals surface area contributed by atoms with Crippen molar-refractivity contribution in [1.29, 1.82) is 0 Å². The van der Waals surface area contributed by atoms with E-state index in [1.165, 1.54) is 12.4 Å². The van der Waals surface area contributed by atoms with E-state index in [0.29, 0.717) is 18.8 Å². The summed E-state index contributed by atoms with van der Waals surface area (Å²) in [6.45, 7) is 1.95. The van der Waals surface area contributed by atoms with Crippen LogP contribution in [-0.4, -0.2) is 29.0 Å². The molecule has 0 aromatic carbocycles. The quantitative estimate of drug-likeness (QED) is 0.820. The highest BCUT2D eigenvalue weighted by molar-refractivity contribution is 6.31. The SMILES string of the molecule is CC(F)(F)[C@H]1CCCN(c2nccnc2Cl)C1. The Morgan fingerprint density at radius 3 is 2.76 bits per heavy atom. The van der Waals surface area contributed by atoms with Gasteiger partial charge < -0.3 is 4.90 Å². The summed E-state index contributed by atoms with van der Waals surface area (Å²) in [6, 6.07) is 0. The van der Waals surface area contributed by atoms with Crippen LogP contribution in [0.5, 0.6) is 0 Å². The molecule has 1 aromatic heterocycles. The number of hydrogen-bond donors (Lipinski definition) is 0. The molecule has 0 spiro atoms. The van der Waals surface area contributed by atoms with Gasteiger partial charge in [0, 0.05) is 31.4 Å². The third-order valence-corrected chi connectivity index (χ3v) is 3.34. The summed E-state index contributed by atoms with van der Waals surface area (Å²) in [4.78, 5) is 9.81. The van der Waals surface area contributed by atoms with Gasteiger partial charge in [-0.25, -0.2) is 18.7 Å². The molecule has 94 valence electrons. The van der Waals surface area contributed by atoms with Gasteiger partial charge in [0.1, 0.15) is 0 Å². The Hall–Kier alpha value is -0.970. The summed E-state index contributed by atoms with van der Waals surface area (Å²) in [7, 11) is 0. The average Bonchev–Trinajstić information content (AvgIpc) is 2.29. The van der Waals surface area contributed by atoms with Crippen LogP contribution in [0.2, 0.25) is 5.15 Å². The van der Waals surface area contributed by atoms with E-state index in [1.54, 1.807) is 4.90 Å². The minimum absolute atomic E-state index is 0.271. The molecule has 0 unspecified atom stereocenters. The van der Waals surface area contributed by atoms with Gasteiger partial charge in [0.2, 0.25) is 5.92 Å². The van der Waals surface area contributed by atoms with Gasteiger partial charge in [-0.15, -0.1) is 0 Å². The zero-order valence-corrected chi connectivity index (χ0v) is 10.3. The molecule has 17 heavy (non-hydrogen) atoms. The summed E-state index contributed by atoms with van der Waals surface area (Å²) in [5.74, 6) is -2.80. The summed E-state index contributed by atoms with van der Waals surface area (Å²) in [5, 5.41) is 0.271. The van der Waals surface area contributed by atoms with Gasteiger partial charge >= 0.3 is 0 Å². The number of piperidine rings is 1. The van der Waals surface area contributed by atoms with Crippen LogP contribution in [0.3, 0.4) is 0 Å². The van der Waals surface area contributed by atoms with Crippen LogP contribution in [0.1, 0.15) is 19.8 Å². The van der Waals surface area contributed by atoms with E-state index >= 15 is 0 Å². The van der Waals surface area contributed by atoms with Gasteiger partial charge in [-0.3, -0.25) is 0 Å². The van der Waals surface area contributed by atoms with Crippen molar-refractivity contribution in [2.75, 3.05) is 18.0 Å². The number of halogens is 3. The van der Waals surface area contributed by atoms with E-state index in [9.17, 15) is 8.78 Å². The van der Waals surface area contributed by atoms with Crippen molar-refractivity contribution in [3.05, 3.63) is 17.5 Å². The molecule has 0 radical (unpaired) electrons. The maximum atomic E-state index is 13.3. The Morgan fingerprint density at radius 1 is 1.41 bits per heavy atom. The van der Waals surface area contributed by atoms with Gasteiger partial charge in [0.05, 0.1) is 0 Å². The van der Waals surface area contributed by atoms with E-state index in [2.05, 4.69) is 9.97 Å². The van der Waals surface area contributed by atoms with Crippen LogP contribution in [0.4, 0.5) is 14.6 Å². The molecule has 1 aliphatic heterocycles. The zero-order valence-electron chi connectivity index (χ0n) is 9.54. The van der Waals surface area contributed by atoms with Crippen LogP contribution in [-0.2, 0) is 0 Å². The molecule has 3 nitrogen and oxygen atoms in total. The Bertz CT molecular complexity index is 395. The molecule has 1 aliphatic rings. The minimum Gasteiger partial charge on any atom is -0.354 e. The Kier molecular flexibility index (Phi) is 3.47. The minimum atomic E-state index is -2.66. The van der Waals surface area contributed by atoms with Gasteiger partial charge in [0.25, 0.3) is 0 Å². The van der Waals surface area contributed by atoms with Crippen molar-refractivity contribution in [2.45, 2.75) is 25.7 Å². The number of rotatable bonds is 2. The molecule has 0 bridgehead atoms. The molecule has 6 heteroatoms. The number of aromatic nitrogens is 2. The second kappa shape index (κ2) is 4.72. The number of anilines is 1.